The van der Waals surface area contributed by atoms with Crippen LogP contribution in [-0.4, -0.2) is 44.6 Å². The molecule has 90 valence electrons. The smallest absolute Gasteiger partial charge is 0.332 e. The maximum absolute atomic E-state index is 9.98. The van der Waals surface area contributed by atoms with Gasteiger partial charge in [0.15, 0.2) is 6.10 Å². The highest BCUT2D eigenvalue weighted by Gasteiger charge is 2.13. The summed E-state index contributed by atoms with van der Waals surface area (Å²) in [5.41, 5.74) is 0. The summed E-state index contributed by atoms with van der Waals surface area (Å²) in [6.45, 7) is 4.93. The first-order chi connectivity index (χ1) is 6.68. The first-order valence-corrected chi connectivity index (χ1v) is 4.50. The van der Waals surface area contributed by atoms with Crippen LogP contribution < -0.4 is 0 Å². The molecular weight excluding hydrogens is 204 g/mol. The maximum atomic E-state index is 9.98. The Labute approximate surface area is 88.2 Å². The second kappa shape index (κ2) is 8.19. The highest BCUT2D eigenvalue weighted by Crippen LogP contribution is 2.03. The Hall–Kier alpha value is -1.14. The van der Waals surface area contributed by atoms with Crippen LogP contribution in [0.3, 0.4) is 0 Å². The molecule has 0 aliphatic heterocycles. The van der Waals surface area contributed by atoms with Crippen LogP contribution in [0.4, 0.5) is 0 Å². The number of carboxylic acid groups (broad SMARTS) is 2. The van der Waals surface area contributed by atoms with Gasteiger partial charge in [0, 0.05) is 0 Å². The van der Waals surface area contributed by atoms with Crippen LogP contribution in [0.1, 0.15) is 27.2 Å². The second-order valence-corrected chi connectivity index (χ2v) is 3.50. The fraction of sp³-hybridized carbons (Fsp3) is 0.778. The van der Waals surface area contributed by atoms with E-state index in [1.165, 1.54) is 6.92 Å². The standard InChI is InChI=1S/C6H12O3.C3H6O3/c1-4(2)3-5(7)6(8)9;1-2(4)3(5)6/h4-5,7H,3H2,1-2H3,(H,8,9);2,4H,1H3,(H,5,6). The van der Waals surface area contributed by atoms with Crippen molar-refractivity contribution in [1.82, 2.24) is 0 Å². The van der Waals surface area contributed by atoms with E-state index >= 15 is 0 Å². The molecule has 6 nitrogen and oxygen atoms in total. The lowest BCUT2D eigenvalue weighted by atomic mass is 10.1. The highest BCUT2D eigenvalue weighted by molar-refractivity contribution is 5.71. The molecule has 0 radical (unpaired) electrons. The van der Waals surface area contributed by atoms with E-state index in [1.807, 2.05) is 13.8 Å². The van der Waals surface area contributed by atoms with Gasteiger partial charge in [-0.25, -0.2) is 9.59 Å². The molecule has 0 aliphatic carbocycles. The van der Waals surface area contributed by atoms with Crippen LogP contribution >= 0.6 is 0 Å². The molecule has 6 heteroatoms. The molecule has 0 aromatic heterocycles. The Morgan fingerprint density at radius 1 is 1.00 bits per heavy atom. The first kappa shape index (κ1) is 16.3. The van der Waals surface area contributed by atoms with E-state index in [4.69, 9.17) is 20.4 Å². The SMILES string of the molecule is CC(C)CC(O)C(=O)O.CC(O)C(=O)O. The second-order valence-electron chi connectivity index (χ2n) is 3.50. The average molecular weight is 222 g/mol. The molecule has 2 atom stereocenters. The van der Waals surface area contributed by atoms with Gasteiger partial charge in [-0.05, 0) is 19.3 Å². The zero-order valence-corrected chi connectivity index (χ0v) is 9.04. The first-order valence-electron chi connectivity index (χ1n) is 4.50. The van der Waals surface area contributed by atoms with E-state index in [9.17, 15) is 9.59 Å². The Balaban J connectivity index is 0. The normalized spacial score (nSPS) is 13.7. The molecule has 0 saturated heterocycles. The molecule has 2 unspecified atom stereocenters. The lowest BCUT2D eigenvalue weighted by molar-refractivity contribution is -0.147. The van der Waals surface area contributed by atoms with E-state index in [2.05, 4.69) is 0 Å². The summed E-state index contributed by atoms with van der Waals surface area (Å²) in [6.07, 6.45) is -2.09. The predicted octanol–water partition coefficient (Wildman–Crippen LogP) is -0.0702. The third kappa shape index (κ3) is 12.9. The monoisotopic (exact) mass is 222 g/mol. The number of carboxylic acids is 2. The van der Waals surface area contributed by atoms with Crippen molar-refractivity contribution in [2.75, 3.05) is 0 Å². The highest BCUT2D eigenvalue weighted by atomic mass is 16.4. The minimum atomic E-state index is -1.23. The summed E-state index contributed by atoms with van der Waals surface area (Å²) in [4.78, 5) is 19.4. The van der Waals surface area contributed by atoms with E-state index in [0.717, 1.165) is 0 Å². The summed E-state index contributed by atoms with van der Waals surface area (Å²) in [6, 6.07) is 0. The minimum absolute atomic E-state index is 0.232. The van der Waals surface area contributed by atoms with Gasteiger partial charge in [0.25, 0.3) is 0 Å². The average Bonchev–Trinajstić information content (AvgIpc) is 2.03. The van der Waals surface area contributed by atoms with E-state index in [1.54, 1.807) is 0 Å². The van der Waals surface area contributed by atoms with Gasteiger partial charge >= 0.3 is 11.9 Å². The number of aliphatic hydroxyl groups excluding tert-OH is 2. The summed E-state index contributed by atoms with van der Waals surface area (Å²) < 4.78 is 0. The Kier molecular flexibility index (Phi) is 8.90. The Bertz CT molecular complexity index is 199. The molecule has 0 aromatic carbocycles. The quantitative estimate of drug-likeness (QED) is 0.529. The zero-order valence-electron chi connectivity index (χ0n) is 9.04. The van der Waals surface area contributed by atoms with E-state index < -0.39 is 24.1 Å². The minimum Gasteiger partial charge on any atom is -0.479 e. The van der Waals surface area contributed by atoms with Gasteiger partial charge in [0.2, 0.25) is 0 Å². The molecule has 0 spiro atoms. The van der Waals surface area contributed by atoms with Crippen molar-refractivity contribution in [3.63, 3.8) is 0 Å². The van der Waals surface area contributed by atoms with Crippen LogP contribution in [0.15, 0.2) is 0 Å². The largest absolute Gasteiger partial charge is 0.479 e. The van der Waals surface area contributed by atoms with Crippen molar-refractivity contribution < 1.29 is 30.0 Å². The molecular formula is C9H18O6. The fourth-order valence-electron chi connectivity index (χ4n) is 0.547. The van der Waals surface area contributed by atoms with Crippen molar-refractivity contribution in [3.05, 3.63) is 0 Å². The molecule has 0 fully saturated rings. The molecule has 0 amide bonds. The van der Waals surface area contributed by atoms with Crippen LogP contribution in [-0.2, 0) is 9.59 Å². The topological polar surface area (TPSA) is 115 Å². The van der Waals surface area contributed by atoms with Gasteiger partial charge in [-0.3, -0.25) is 0 Å². The molecule has 15 heavy (non-hydrogen) atoms. The molecule has 0 aromatic rings. The summed E-state index contributed by atoms with van der Waals surface area (Å²) >= 11 is 0. The van der Waals surface area contributed by atoms with Gasteiger partial charge in [-0.15, -0.1) is 0 Å². The lowest BCUT2D eigenvalue weighted by Crippen LogP contribution is -2.21. The van der Waals surface area contributed by atoms with Crippen molar-refractivity contribution >= 4 is 11.9 Å². The zero-order chi connectivity index (χ0) is 12.6. The maximum Gasteiger partial charge on any atom is 0.332 e. The van der Waals surface area contributed by atoms with Crippen LogP contribution in [0, 0.1) is 5.92 Å². The van der Waals surface area contributed by atoms with Crippen molar-refractivity contribution in [2.45, 2.75) is 39.4 Å². The molecule has 4 N–H and O–H groups in total. The molecule has 0 aliphatic rings. The molecule has 0 rings (SSSR count). The van der Waals surface area contributed by atoms with Crippen LogP contribution in [0.25, 0.3) is 0 Å². The number of carbonyl (C=O) groups is 2. The van der Waals surface area contributed by atoms with Gasteiger partial charge < -0.3 is 20.4 Å². The predicted molar refractivity (Wildman–Crippen MR) is 52.4 cm³/mol. The summed E-state index contributed by atoms with van der Waals surface area (Å²) in [5, 5.41) is 32.6. The Morgan fingerprint density at radius 2 is 1.33 bits per heavy atom. The van der Waals surface area contributed by atoms with Gasteiger partial charge in [-0.1, -0.05) is 13.8 Å². The van der Waals surface area contributed by atoms with Crippen molar-refractivity contribution in [1.29, 1.82) is 0 Å². The number of hydrogen-bond acceptors (Lipinski definition) is 4. The lowest BCUT2D eigenvalue weighted by Gasteiger charge is -2.06. The van der Waals surface area contributed by atoms with E-state index in [-0.39, 0.29) is 5.92 Å². The van der Waals surface area contributed by atoms with E-state index in [0.29, 0.717) is 6.42 Å². The molecule has 0 saturated carbocycles. The number of aliphatic carboxylic acids is 2. The third-order valence-electron chi connectivity index (χ3n) is 1.34. The van der Waals surface area contributed by atoms with Gasteiger partial charge in [0.1, 0.15) is 6.10 Å². The Morgan fingerprint density at radius 3 is 1.40 bits per heavy atom. The van der Waals surface area contributed by atoms with Gasteiger partial charge in [0.05, 0.1) is 0 Å². The van der Waals surface area contributed by atoms with Crippen LogP contribution in [0.5, 0.6) is 0 Å². The third-order valence-corrected chi connectivity index (χ3v) is 1.34. The molecule has 0 bridgehead atoms. The summed E-state index contributed by atoms with van der Waals surface area (Å²) in [7, 11) is 0. The van der Waals surface area contributed by atoms with Gasteiger partial charge in [-0.2, -0.15) is 0 Å². The van der Waals surface area contributed by atoms with Crippen LogP contribution in [0.2, 0.25) is 0 Å². The van der Waals surface area contributed by atoms with Crippen molar-refractivity contribution in [3.8, 4) is 0 Å². The summed E-state index contributed by atoms with van der Waals surface area (Å²) in [5.74, 6) is -2.09. The molecule has 0 heterocycles. The number of hydrogen-bond donors (Lipinski definition) is 4. The number of aliphatic hydroxyl groups is 2. The van der Waals surface area contributed by atoms with Crippen molar-refractivity contribution in [2.24, 2.45) is 5.92 Å². The fourth-order valence-corrected chi connectivity index (χ4v) is 0.547. The number of rotatable bonds is 4.